The highest BCUT2D eigenvalue weighted by atomic mass is 35.5. The monoisotopic (exact) mass is 257 g/mol. The third-order valence-electron chi connectivity index (χ3n) is 2.03. The maximum absolute atomic E-state index is 11.6. The molecule has 1 aromatic carbocycles. The molecule has 0 spiro atoms. The van der Waals surface area contributed by atoms with Crippen molar-refractivity contribution < 1.29 is 19.4 Å². The van der Waals surface area contributed by atoms with E-state index in [2.05, 4.69) is 10.1 Å². The summed E-state index contributed by atoms with van der Waals surface area (Å²) in [5.41, 5.74) is 0.372. The number of benzene rings is 1. The smallest absolute Gasteiger partial charge is 0.325 e. The fourth-order valence-corrected chi connectivity index (χ4v) is 1.27. The average Bonchev–Trinajstić information content (AvgIpc) is 2.35. The van der Waals surface area contributed by atoms with Crippen molar-refractivity contribution >= 4 is 23.5 Å². The third-order valence-corrected chi connectivity index (χ3v) is 2.36. The van der Waals surface area contributed by atoms with Crippen LogP contribution in [0.1, 0.15) is 10.4 Å². The zero-order valence-electron chi connectivity index (χ0n) is 9.14. The zero-order valence-corrected chi connectivity index (χ0v) is 9.90. The molecule has 0 fully saturated rings. The molecule has 0 saturated carbocycles. The van der Waals surface area contributed by atoms with Gasteiger partial charge in [-0.15, -0.1) is 11.6 Å². The summed E-state index contributed by atoms with van der Waals surface area (Å²) >= 11 is 5.66. The minimum atomic E-state index is -0.916. The minimum Gasteiger partial charge on any atom is -0.508 e. The van der Waals surface area contributed by atoms with Crippen LogP contribution in [0.15, 0.2) is 24.3 Å². The Balaban J connectivity index is 2.50. The summed E-state index contributed by atoms with van der Waals surface area (Å²) in [7, 11) is 1.22. The first-order valence-corrected chi connectivity index (χ1v) is 5.27. The molecule has 0 aromatic heterocycles. The van der Waals surface area contributed by atoms with Crippen molar-refractivity contribution in [3.05, 3.63) is 29.8 Å². The van der Waals surface area contributed by atoms with E-state index in [9.17, 15) is 9.59 Å². The number of amides is 1. The van der Waals surface area contributed by atoms with Gasteiger partial charge in [0.15, 0.2) is 0 Å². The number of carbonyl (C=O) groups excluding carboxylic acids is 2. The lowest BCUT2D eigenvalue weighted by atomic mass is 10.2. The number of nitrogens with one attached hydrogen (secondary N) is 1. The van der Waals surface area contributed by atoms with Gasteiger partial charge in [-0.25, -0.2) is 0 Å². The molecule has 0 heterocycles. The summed E-state index contributed by atoms with van der Waals surface area (Å²) in [4.78, 5) is 22.5. The highest BCUT2D eigenvalue weighted by molar-refractivity contribution is 6.30. The van der Waals surface area contributed by atoms with Crippen LogP contribution in [-0.2, 0) is 9.53 Å². The predicted octanol–water partition coefficient (Wildman–Crippen LogP) is 0.902. The third kappa shape index (κ3) is 3.96. The molecule has 1 atom stereocenters. The highest BCUT2D eigenvalue weighted by Crippen LogP contribution is 2.09. The Morgan fingerprint density at radius 2 is 2.00 bits per heavy atom. The number of hydrogen-bond acceptors (Lipinski definition) is 4. The molecule has 1 aromatic rings. The molecule has 92 valence electrons. The number of hydrogen-bond donors (Lipinski definition) is 2. The van der Waals surface area contributed by atoms with Crippen molar-refractivity contribution in [2.75, 3.05) is 13.7 Å². The summed E-state index contributed by atoms with van der Waals surface area (Å²) in [6, 6.07) is 5.72. The van der Waals surface area contributed by atoms with Gasteiger partial charge in [-0.05, 0) is 24.3 Å². The maximum Gasteiger partial charge on any atom is 0.325 e. The van der Waals surface area contributed by atoms with E-state index in [-0.39, 0.29) is 18.2 Å². The number of halogens is 1. The van der Waals surface area contributed by atoms with Crippen molar-refractivity contribution in [3.63, 3.8) is 0 Å². The van der Waals surface area contributed by atoms with Crippen LogP contribution in [-0.4, -0.2) is 36.0 Å². The molecule has 0 aliphatic rings. The SMILES string of the molecule is COC(=O)C(Cl)CNC(=O)c1ccc(O)cc1. The van der Waals surface area contributed by atoms with Gasteiger partial charge in [-0.3, -0.25) is 9.59 Å². The topological polar surface area (TPSA) is 75.6 Å². The fourth-order valence-electron chi connectivity index (χ4n) is 1.11. The standard InChI is InChI=1S/C11H12ClNO4/c1-17-11(16)9(12)6-13-10(15)7-2-4-8(14)5-3-7/h2-5,9,14H,6H2,1H3,(H,13,15). The lowest BCUT2D eigenvalue weighted by molar-refractivity contribution is -0.140. The van der Waals surface area contributed by atoms with E-state index in [0.717, 1.165) is 0 Å². The van der Waals surface area contributed by atoms with E-state index in [0.29, 0.717) is 5.56 Å². The van der Waals surface area contributed by atoms with Gasteiger partial charge in [0.05, 0.1) is 7.11 Å². The van der Waals surface area contributed by atoms with E-state index in [1.54, 1.807) is 0 Å². The summed E-state index contributed by atoms with van der Waals surface area (Å²) in [5, 5.41) is 10.6. The molecule has 0 bridgehead atoms. The van der Waals surface area contributed by atoms with E-state index < -0.39 is 11.3 Å². The van der Waals surface area contributed by atoms with Crippen molar-refractivity contribution in [1.29, 1.82) is 0 Å². The first-order valence-electron chi connectivity index (χ1n) is 4.83. The van der Waals surface area contributed by atoms with Crippen LogP contribution in [0.25, 0.3) is 0 Å². The van der Waals surface area contributed by atoms with Gasteiger partial charge in [0.25, 0.3) is 5.91 Å². The Hall–Kier alpha value is -1.75. The Morgan fingerprint density at radius 3 is 2.53 bits per heavy atom. The van der Waals surface area contributed by atoms with Crippen LogP contribution >= 0.6 is 11.6 Å². The van der Waals surface area contributed by atoms with Crippen LogP contribution < -0.4 is 5.32 Å². The number of phenols is 1. The normalized spacial score (nSPS) is 11.6. The summed E-state index contributed by atoms with van der Waals surface area (Å²) in [6.07, 6.45) is 0. The van der Waals surface area contributed by atoms with Gasteiger partial charge in [-0.1, -0.05) is 0 Å². The average molecular weight is 258 g/mol. The molecule has 1 unspecified atom stereocenters. The number of carbonyl (C=O) groups is 2. The molecule has 0 aliphatic heterocycles. The number of phenolic OH excluding ortho intramolecular Hbond substituents is 1. The maximum atomic E-state index is 11.6. The molecule has 6 heteroatoms. The fraction of sp³-hybridized carbons (Fsp3) is 0.273. The zero-order chi connectivity index (χ0) is 12.8. The summed E-state index contributed by atoms with van der Waals surface area (Å²) in [6.45, 7) is -0.0199. The van der Waals surface area contributed by atoms with Gasteiger partial charge in [0.1, 0.15) is 11.1 Å². The van der Waals surface area contributed by atoms with Gasteiger partial charge in [0.2, 0.25) is 0 Å². The molecule has 5 nitrogen and oxygen atoms in total. The molecule has 1 amide bonds. The van der Waals surface area contributed by atoms with Crippen LogP contribution in [0.4, 0.5) is 0 Å². The largest absolute Gasteiger partial charge is 0.508 e. The lowest BCUT2D eigenvalue weighted by Crippen LogP contribution is -2.34. The Morgan fingerprint density at radius 1 is 1.41 bits per heavy atom. The van der Waals surface area contributed by atoms with Crippen LogP contribution in [0, 0.1) is 0 Å². The van der Waals surface area contributed by atoms with Crippen molar-refractivity contribution in [3.8, 4) is 5.75 Å². The molecule has 0 aliphatic carbocycles. The summed E-state index contributed by atoms with van der Waals surface area (Å²) < 4.78 is 4.41. The Bertz CT molecular complexity index is 404. The van der Waals surface area contributed by atoms with Crippen molar-refractivity contribution in [1.82, 2.24) is 5.32 Å². The second kappa shape index (κ2) is 6.10. The van der Waals surface area contributed by atoms with Crippen molar-refractivity contribution in [2.45, 2.75) is 5.38 Å². The minimum absolute atomic E-state index is 0.0199. The van der Waals surface area contributed by atoms with Gasteiger partial charge in [-0.2, -0.15) is 0 Å². The van der Waals surface area contributed by atoms with Crippen LogP contribution in [0.3, 0.4) is 0 Å². The summed E-state index contributed by atoms with van der Waals surface area (Å²) in [5.74, 6) is -0.899. The van der Waals surface area contributed by atoms with E-state index in [1.807, 2.05) is 0 Å². The number of ether oxygens (including phenoxy) is 1. The Labute approximate surface area is 103 Å². The Kier molecular flexibility index (Phi) is 4.78. The molecular weight excluding hydrogens is 246 g/mol. The second-order valence-corrected chi connectivity index (χ2v) is 3.77. The number of esters is 1. The number of rotatable bonds is 4. The molecule has 0 radical (unpaired) electrons. The number of aromatic hydroxyl groups is 1. The van der Waals surface area contributed by atoms with E-state index in [1.165, 1.54) is 31.4 Å². The molecule has 2 N–H and O–H groups in total. The first kappa shape index (κ1) is 13.3. The van der Waals surface area contributed by atoms with Crippen LogP contribution in [0.2, 0.25) is 0 Å². The predicted molar refractivity (Wildman–Crippen MR) is 62.1 cm³/mol. The first-order chi connectivity index (χ1) is 8.04. The molecule has 17 heavy (non-hydrogen) atoms. The van der Waals surface area contributed by atoms with Crippen molar-refractivity contribution in [2.24, 2.45) is 0 Å². The van der Waals surface area contributed by atoms with Gasteiger partial charge >= 0.3 is 5.97 Å². The van der Waals surface area contributed by atoms with Gasteiger partial charge in [0, 0.05) is 12.1 Å². The van der Waals surface area contributed by atoms with E-state index >= 15 is 0 Å². The molecule has 0 saturated heterocycles. The quantitative estimate of drug-likeness (QED) is 0.621. The second-order valence-electron chi connectivity index (χ2n) is 3.25. The highest BCUT2D eigenvalue weighted by Gasteiger charge is 2.16. The molecular formula is C11H12ClNO4. The van der Waals surface area contributed by atoms with E-state index in [4.69, 9.17) is 16.7 Å². The van der Waals surface area contributed by atoms with Crippen LogP contribution in [0.5, 0.6) is 5.75 Å². The van der Waals surface area contributed by atoms with Gasteiger partial charge < -0.3 is 15.2 Å². The number of methoxy groups -OCH3 is 1. The lowest BCUT2D eigenvalue weighted by Gasteiger charge is -2.08. The number of alkyl halides is 1. The molecule has 1 rings (SSSR count).